The molecule has 5 nitrogen and oxygen atoms in total. The molecule has 0 heterocycles. The van der Waals surface area contributed by atoms with E-state index in [1.54, 1.807) is 19.1 Å². The number of nitrogens with zero attached hydrogens (tertiary/aromatic N) is 1. The summed E-state index contributed by atoms with van der Waals surface area (Å²) in [5.74, 6) is 0. The first-order valence-corrected chi connectivity index (χ1v) is 7.62. The molecule has 1 saturated carbocycles. The zero-order valence-electron chi connectivity index (χ0n) is 12.6. The molecule has 2 N–H and O–H groups in total. The highest BCUT2D eigenvalue weighted by Gasteiger charge is 2.30. The van der Waals surface area contributed by atoms with E-state index in [1.165, 1.54) is 19.3 Å². The van der Waals surface area contributed by atoms with Crippen LogP contribution >= 0.6 is 0 Å². The Hall–Kier alpha value is -1.46. The fourth-order valence-corrected chi connectivity index (χ4v) is 3.13. The van der Waals surface area contributed by atoms with Crippen LogP contribution in [-0.2, 0) is 6.54 Å². The molecule has 0 aliphatic heterocycles. The maximum absolute atomic E-state index is 10.9. The summed E-state index contributed by atoms with van der Waals surface area (Å²) in [4.78, 5) is 10.6. The third-order valence-electron chi connectivity index (χ3n) is 4.55. The lowest BCUT2D eigenvalue weighted by Gasteiger charge is -2.35. The second kappa shape index (κ2) is 7.00. The van der Waals surface area contributed by atoms with E-state index < -0.39 is 0 Å². The van der Waals surface area contributed by atoms with Gasteiger partial charge >= 0.3 is 0 Å². The van der Waals surface area contributed by atoms with Crippen molar-refractivity contribution in [2.24, 2.45) is 5.41 Å². The van der Waals surface area contributed by atoms with Gasteiger partial charge in [0.25, 0.3) is 5.69 Å². The number of aryl methyl sites for hydroxylation is 1. The Kier molecular flexibility index (Phi) is 5.31. The first-order chi connectivity index (χ1) is 10.1. The van der Waals surface area contributed by atoms with Crippen molar-refractivity contribution in [2.75, 3.05) is 13.2 Å². The fraction of sp³-hybridized carbons (Fsp3) is 0.625. The summed E-state index contributed by atoms with van der Waals surface area (Å²) in [6, 6.07) is 5.34. The van der Waals surface area contributed by atoms with Crippen molar-refractivity contribution in [3.63, 3.8) is 0 Å². The number of aliphatic hydroxyl groups excluding tert-OH is 1. The minimum absolute atomic E-state index is 0.00508. The van der Waals surface area contributed by atoms with Gasteiger partial charge in [-0.2, -0.15) is 0 Å². The number of hydrogen-bond donors (Lipinski definition) is 2. The summed E-state index contributed by atoms with van der Waals surface area (Å²) in [6.45, 7) is 3.33. The Bertz CT molecular complexity index is 496. The summed E-state index contributed by atoms with van der Waals surface area (Å²) >= 11 is 0. The predicted octanol–water partition coefficient (Wildman–Crippen LogP) is 2.94. The van der Waals surface area contributed by atoms with Crippen LogP contribution in [0.2, 0.25) is 0 Å². The molecule has 2 rings (SSSR count). The van der Waals surface area contributed by atoms with E-state index in [9.17, 15) is 15.2 Å². The molecule has 0 saturated heterocycles. The van der Waals surface area contributed by atoms with Gasteiger partial charge in [-0.25, -0.2) is 0 Å². The van der Waals surface area contributed by atoms with E-state index in [0.717, 1.165) is 24.9 Å². The van der Waals surface area contributed by atoms with Crippen LogP contribution in [0.15, 0.2) is 18.2 Å². The molecule has 1 aromatic rings. The zero-order chi connectivity index (χ0) is 15.3. The van der Waals surface area contributed by atoms with Gasteiger partial charge in [-0.3, -0.25) is 10.1 Å². The van der Waals surface area contributed by atoms with Gasteiger partial charge in [0.15, 0.2) is 0 Å². The molecule has 116 valence electrons. The number of nitro groups is 1. The van der Waals surface area contributed by atoms with E-state index in [4.69, 9.17) is 0 Å². The van der Waals surface area contributed by atoms with Crippen LogP contribution in [0.25, 0.3) is 0 Å². The van der Waals surface area contributed by atoms with Crippen molar-refractivity contribution in [3.05, 3.63) is 39.4 Å². The Morgan fingerprint density at radius 1 is 1.33 bits per heavy atom. The van der Waals surface area contributed by atoms with Crippen molar-refractivity contribution in [1.29, 1.82) is 0 Å². The first kappa shape index (κ1) is 15.9. The SMILES string of the molecule is Cc1ccc(CNCC2(CO)CCCCC2)cc1[N+](=O)[O-]. The molecular weight excluding hydrogens is 268 g/mol. The van der Waals surface area contributed by atoms with Crippen molar-refractivity contribution >= 4 is 5.69 Å². The van der Waals surface area contributed by atoms with Crippen LogP contribution < -0.4 is 5.32 Å². The summed E-state index contributed by atoms with van der Waals surface area (Å²) in [6.07, 6.45) is 5.73. The predicted molar refractivity (Wildman–Crippen MR) is 82.1 cm³/mol. The Morgan fingerprint density at radius 2 is 2.05 bits per heavy atom. The largest absolute Gasteiger partial charge is 0.396 e. The molecular formula is C16H24N2O3. The van der Waals surface area contributed by atoms with E-state index in [1.807, 2.05) is 6.07 Å². The molecule has 0 bridgehead atoms. The molecule has 5 heteroatoms. The standard InChI is InChI=1S/C16H24N2O3/c1-13-5-6-14(9-15(13)18(20)21)10-17-11-16(12-19)7-3-2-4-8-16/h5-6,9,17,19H,2-4,7-8,10-12H2,1H3. The van der Waals surface area contributed by atoms with Gasteiger partial charge in [-0.1, -0.05) is 31.4 Å². The molecule has 21 heavy (non-hydrogen) atoms. The highest BCUT2D eigenvalue weighted by atomic mass is 16.6. The highest BCUT2D eigenvalue weighted by Crippen LogP contribution is 2.35. The third-order valence-corrected chi connectivity index (χ3v) is 4.55. The van der Waals surface area contributed by atoms with E-state index in [-0.39, 0.29) is 22.6 Å². The normalized spacial score (nSPS) is 17.6. The second-order valence-corrected chi connectivity index (χ2v) is 6.20. The number of nitrogens with one attached hydrogen (secondary N) is 1. The smallest absolute Gasteiger partial charge is 0.272 e. The van der Waals surface area contributed by atoms with Crippen LogP contribution in [0.5, 0.6) is 0 Å². The number of nitro benzene ring substituents is 1. The summed E-state index contributed by atoms with van der Waals surface area (Å²) in [5.41, 5.74) is 1.76. The van der Waals surface area contributed by atoms with Crippen molar-refractivity contribution < 1.29 is 10.0 Å². The quantitative estimate of drug-likeness (QED) is 0.624. The van der Waals surface area contributed by atoms with Crippen molar-refractivity contribution in [3.8, 4) is 0 Å². The highest BCUT2D eigenvalue weighted by molar-refractivity contribution is 5.42. The zero-order valence-corrected chi connectivity index (χ0v) is 12.6. The third kappa shape index (κ3) is 4.02. The van der Waals surface area contributed by atoms with Gasteiger partial charge in [0, 0.05) is 36.7 Å². The average molecular weight is 292 g/mol. The number of aliphatic hydroxyl groups is 1. The van der Waals surface area contributed by atoms with Gasteiger partial charge in [-0.05, 0) is 25.3 Å². The van der Waals surface area contributed by atoms with Crippen LogP contribution in [0.3, 0.4) is 0 Å². The maximum Gasteiger partial charge on any atom is 0.272 e. The Labute approximate surface area is 125 Å². The molecule has 0 radical (unpaired) electrons. The molecule has 0 atom stereocenters. The summed E-state index contributed by atoms with van der Waals surface area (Å²) in [7, 11) is 0. The van der Waals surface area contributed by atoms with E-state index in [2.05, 4.69) is 5.32 Å². The molecule has 1 aliphatic carbocycles. The van der Waals surface area contributed by atoms with Crippen molar-refractivity contribution in [2.45, 2.75) is 45.6 Å². The van der Waals surface area contributed by atoms with E-state index >= 15 is 0 Å². The van der Waals surface area contributed by atoms with Crippen LogP contribution in [0, 0.1) is 22.5 Å². The molecule has 0 aromatic heterocycles. The summed E-state index contributed by atoms with van der Waals surface area (Å²) in [5, 5.41) is 24.0. The van der Waals surface area contributed by atoms with E-state index in [0.29, 0.717) is 12.1 Å². The fourth-order valence-electron chi connectivity index (χ4n) is 3.13. The monoisotopic (exact) mass is 292 g/mol. The van der Waals surface area contributed by atoms with Gasteiger partial charge in [-0.15, -0.1) is 0 Å². The molecule has 1 aliphatic rings. The topological polar surface area (TPSA) is 75.4 Å². The van der Waals surface area contributed by atoms with Gasteiger partial charge in [0.2, 0.25) is 0 Å². The minimum Gasteiger partial charge on any atom is -0.396 e. The molecule has 1 aromatic carbocycles. The van der Waals surface area contributed by atoms with Crippen LogP contribution in [0.4, 0.5) is 5.69 Å². The number of hydrogen-bond acceptors (Lipinski definition) is 4. The number of rotatable bonds is 6. The van der Waals surface area contributed by atoms with Gasteiger partial charge in [0.1, 0.15) is 0 Å². The van der Waals surface area contributed by atoms with Gasteiger partial charge in [0.05, 0.1) is 4.92 Å². The van der Waals surface area contributed by atoms with Crippen molar-refractivity contribution in [1.82, 2.24) is 5.32 Å². The Morgan fingerprint density at radius 3 is 2.67 bits per heavy atom. The minimum atomic E-state index is -0.338. The first-order valence-electron chi connectivity index (χ1n) is 7.62. The maximum atomic E-state index is 10.9. The molecule has 0 amide bonds. The molecule has 0 spiro atoms. The lowest BCUT2D eigenvalue weighted by Crippen LogP contribution is -2.38. The van der Waals surface area contributed by atoms with Crippen LogP contribution in [0.1, 0.15) is 43.2 Å². The van der Waals surface area contributed by atoms with Crippen LogP contribution in [-0.4, -0.2) is 23.2 Å². The molecule has 1 fully saturated rings. The molecule has 0 unspecified atom stereocenters. The summed E-state index contributed by atoms with van der Waals surface area (Å²) < 4.78 is 0. The average Bonchev–Trinajstić information content (AvgIpc) is 2.49. The van der Waals surface area contributed by atoms with Gasteiger partial charge < -0.3 is 10.4 Å². The number of benzene rings is 1. The lowest BCUT2D eigenvalue weighted by atomic mass is 9.74. The lowest BCUT2D eigenvalue weighted by molar-refractivity contribution is -0.385. The second-order valence-electron chi connectivity index (χ2n) is 6.20. The Balaban J connectivity index is 1.93.